The molecule has 18 heavy (non-hydrogen) atoms. The van der Waals surface area contributed by atoms with Crippen LogP contribution in [-0.4, -0.2) is 35.9 Å². The van der Waals surface area contributed by atoms with E-state index in [0.29, 0.717) is 19.8 Å². The summed E-state index contributed by atoms with van der Waals surface area (Å²) in [4.78, 5) is 14.7. The molecule has 1 heterocycles. The molecule has 1 aromatic rings. The molecule has 1 N–H and O–H groups in total. The van der Waals surface area contributed by atoms with Crippen LogP contribution in [0.1, 0.15) is 30.1 Å². The van der Waals surface area contributed by atoms with Crippen molar-refractivity contribution in [2.24, 2.45) is 0 Å². The Bertz CT molecular complexity index is 398. The van der Waals surface area contributed by atoms with Crippen LogP contribution in [0.3, 0.4) is 0 Å². The van der Waals surface area contributed by atoms with Gasteiger partial charge in [-0.25, -0.2) is 9.78 Å². The Labute approximate surface area is 111 Å². The molecular formula is C12H16ClNO4. The summed E-state index contributed by atoms with van der Waals surface area (Å²) in [5, 5.41) is 8.96. The molecule has 0 aromatic carbocycles. The van der Waals surface area contributed by atoms with Gasteiger partial charge in [-0.2, -0.15) is 0 Å². The smallest absolute Gasteiger partial charge is 0.337 e. The van der Waals surface area contributed by atoms with Crippen LogP contribution >= 0.6 is 11.6 Å². The first-order chi connectivity index (χ1) is 8.65. The van der Waals surface area contributed by atoms with Crippen LogP contribution in [0.4, 0.5) is 0 Å². The Kier molecular flexibility index (Phi) is 6.46. The molecule has 0 unspecified atom stereocenters. The summed E-state index contributed by atoms with van der Waals surface area (Å²) in [5.74, 6) is -0.873. The minimum atomic E-state index is -1.11. The first kappa shape index (κ1) is 14.7. The maximum atomic E-state index is 10.8. The van der Waals surface area contributed by atoms with Gasteiger partial charge in [0.2, 0.25) is 5.88 Å². The maximum Gasteiger partial charge on any atom is 0.337 e. The second-order valence-electron chi connectivity index (χ2n) is 3.62. The van der Waals surface area contributed by atoms with Crippen molar-refractivity contribution < 1.29 is 19.4 Å². The van der Waals surface area contributed by atoms with Crippen molar-refractivity contribution in [3.8, 4) is 5.88 Å². The van der Waals surface area contributed by atoms with E-state index in [1.165, 1.54) is 12.3 Å². The summed E-state index contributed by atoms with van der Waals surface area (Å²) in [7, 11) is 0. The van der Waals surface area contributed by atoms with E-state index in [2.05, 4.69) is 11.9 Å². The number of carboxylic acid groups (broad SMARTS) is 1. The second-order valence-corrected chi connectivity index (χ2v) is 4.03. The molecule has 0 spiro atoms. The van der Waals surface area contributed by atoms with Gasteiger partial charge in [0.25, 0.3) is 0 Å². The number of hydrogen-bond acceptors (Lipinski definition) is 4. The molecule has 0 aliphatic heterocycles. The van der Waals surface area contributed by atoms with E-state index < -0.39 is 5.97 Å². The number of aromatic carboxylic acids is 1. The Hall–Kier alpha value is -1.33. The van der Waals surface area contributed by atoms with E-state index in [9.17, 15) is 4.79 Å². The van der Waals surface area contributed by atoms with Crippen LogP contribution in [0, 0.1) is 0 Å². The minimum absolute atomic E-state index is 0.0198. The lowest BCUT2D eigenvalue weighted by Gasteiger charge is -2.07. The third-order valence-corrected chi connectivity index (χ3v) is 2.48. The number of unbranched alkanes of at least 4 members (excludes halogenated alkanes) is 1. The van der Waals surface area contributed by atoms with Crippen LogP contribution in [0.25, 0.3) is 0 Å². The average Bonchev–Trinajstić information content (AvgIpc) is 2.35. The molecule has 0 atom stereocenters. The number of carbonyl (C=O) groups is 1. The van der Waals surface area contributed by atoms with Crippen molar-refractivity contribution in [1.29, 1.82) is 0 Å². The number of hydrogen-bond donors (Lipinski definition) is 1. The Morgan fingerprint density at radius 3 is 2.89 bits per heavy atom. The van der Waals surface area contributed by atoms with Gasteiger partial charge in [0, 0.05) is 12.7 Å². The Morgan fingerprint density at radius 1 is 1.44 bits per heavy atom. The number of rotatable bonds is 8. The fourth-order valence-electron chi connectivity index (χ4n) is 1.22. The zero-order valence-corrected chi connectivity index (χ0v) is 10.9. The van der Waals surface area contributed by atoms with Crippen LogP contribution in [0.2, 0.25) is 5.02 Å². The van der Waals surface area contributed by atoms with Crippen LogP contribution in [0.15, 0.2) is 12.3 Å². The van der Waals surface area contributed by atoms with E-state index >= 15 is 0 Å². The average molecular weight is 274 g/mol. The van der Waals surface area contributed by atoms with Crippen molar-refractivity contribution in [3.05, 3.63) is 22.8 Å². The van der Waals surface area contributed by atoms with Gasteiger partial charge in [-0.15, -0.1) is 0 Å². The summed E-state index contributed by atoms with van der Waals surface area (Å²) in [6.07, 6.45) is 3.36. The van der Waals surface area contributed by atoms with Crippen LogP contribution in [-0.2, 0) is 4.74 Å². The predicted octanol–water partition coefficient (Wildman–Crippen LogP) is 2.63. The Balaban J connectivity index is 2.38. The summed E-state index contributed by atoms with van der Waals surface area (Å²) in [5.41, 5.74) is -0.0198. The van der Waals surface area contributed by atoms with Crippen molar-refractivity contribution in [2.45, 2.75) is 19.8 Å². The molecule has 0 fully saturated rings. The molecule has 1 rings (SSSR count). The van der Waals surface area contributed by atoms with Gasteiger partial charge in [0.05, 0.1) is 23.4 Å². The number of aromatic nitrogens is 1. The first-order valence-corrected chi connectivity index (χ1v) is 6.12. The standard InChI is InChI=1S/C12H16ClNO4/c1-2-3-4-17-5-6-18-11-7-9(12(15)16)10(13)8-14-11/h7-8H,2-6H2,1H3,(H,15,16). The highest BCUT2D eigenvalue weighted by molar-refractivity contribution is 6.33. The summed E-state index contributed by atoms with van der Waals surface area (Å²) < 4.78 is 10.6. The summed E-state index contributed by atoms with van der Waals surface area (Å²) in [6.45, 7) is 3.57. The van der Waals surface area contributed by atoms with Gasteiger partial charge in [-0.05, 0) is 6.42 Å². The SMILES string of the molecule is CCCCOCCOc1cc(C(=O)O)c(Cl)cn1. The molecule has 100 valence electrons. The highest BCUT2D eigenvalue weighted by atomic mass is 35.5. The van der Waals surface area contributed by atoms with E-state index in [1.54, 1.807) is 0 Å². The second kappa shape index (κ2) is 7.89. The lowest BCUT2D eigenvalue weighted by Crippen LogP contribution is -2.09. The zero-order valence-electron chi connectivity index (χ0n) is 10.2. The highest BCUT2D eigenvalue weighted by Gasteiger charge is 2.10. The summed E-state index contributed by atoms with van der Waals surface area (Å²) >= 11 is 5.69. The highest BCUT2D eigenvalue weighted by Crippen LogP contribution is 2.19. The third kappa shape index (κ3) is 4.89. The van der Waals surface area contributed by atoms with E-state index in [0.717, 1.165) is 12.8 Å². The maximum absolute atomic E-state index is 10.8. The van der Waals surface area contributed by atoms with Gasteiger partial charge >= 0.3 is 5.97 Å². The zero-order chi connectivity index (χ0) is 13.4. The fourth-order valence-corrected chi connectivity index (χ4v) is 1.40. The lowest BCUT2D eigenvalue weighted by molar-refractivity contribution is 0.0695. The number of pyridine rings is 1. The molecule has 0 aliphatic carbocycles. The molecule has 0 saturated heterocycles. The third-order valence-electron chi connectivity index (χ3n) is 2.18. The first-order valence-electron chi connectivity index (χ1n) is 5.74. The molecule has 0 saturated carbocycles. The van der Waals surface area contributed by atoms with Gasteiger partial charge in [0.1, 0.15) is 6.61 Å². The number of nitrogens with zero attached hydrogens (tertiary/aromatic N) is 1. The van der Waals surface area contributed by atoms with Crippen LogP contribution in [0.5, 0.6) is 5.88 Å². The van der Waals surface area contributed by atoms with Crippen molar-refractivity contribution in [2.75, 3.05) is 19.8 Å². The predicted molar refractivity (Wildman–Crippen MR) is 67.4 cm³/mol. The summed E-state index contributed by atoms with van der Waals surface area (Å²) in [6, 6.07) is 1.30. The number of ether oxygens (including phenoxy) is 2. The lowest BCUT2D eigenvalue weighted by atomic mass is 10.3. The molecule has 0 bridgehead atoms. The van der Waals surface area contributed by atoms with Gasteiger partial charge in [-0.3, -0.25) is 0 Å². The monoisotopic (exact) mass is 273 g/mol. The molecule has 6 heteroatoms. The molecule has 1 aromatic heterocycles. The molecule has 0 aliphatic rings. The molecular weight excluding hydrogens is 258 g/mol. The van der Waals surface area contributed by atoms with Crippen molar-refractivity contribution in [1.82, 2.24) is 4.98 Å². The molecule has 5 nitrogen and oxygen atoms in total. The van der Waals surface area contributed by atoms with E-state index in [4.69, 9.17) is 26.2 Å². The minimum Gasteiger partial charge on any atom is -0.478 e. The van der Waals surface area contributed by atoms with E-state index in [-0.39, 0.29) is 16.5 Å². The van der Waals surface area contributed by atoms with Crippen LogP contribution < -0.4 is 4.74 Å². The largest absolute Gasteiger partial charge is 0.478 e. The number of carboxylic acids is 1. The van der Waals surface area contributed by atoms with E-state index in [1.807, 2.05) is 0 Å². The number of halogens is 1. The molecule has 0 amide bonds. The Morgan fingerprint density at radius 2 is 2.22 bits per heavy atom. The van der Waals surface area contributed by atoms with Gasteiger partial charge in [-0.1, -0.05) is 24.9 Å². The quantitative estimate of drug-likeness (QED) is 0.738. The fraction of sp³-hybridized carbons (Fsp3) is 0.500. The van der Waals surface area contributed by atoms with Gasteiger partial charge < -0.3 is 14.6 Å². The van der Waals surface area contributed by atoms with Crippen molar-refractivity contribution >= 4 is 17.6 Å². The van der Waals surface area contributed by atoms with Gasteiger partial charge in [0.15, 0.2) is 0 Å². The topological polar surface area (TPSA) is 68.7 Å². The van der Waals surface area contributed by atoms with Crippen molar-refractivity contribution in [3.63, 3.8) is 0 Å². The normalized spacial score (nSPS) is 10.3. The molecule has 0 radical (unpaired) electrons.